The maximum Gasteiger partial charge on any atom is 0.455 e. The van der Waals surface area contributed by atoms with E-state index in [0.717, 1.165) is 6.07 Å². The molecule has 0 unspecified atom stereocenters. The van der Waals surface area contributed by atoms with Gasteiger partial charge in [0, 0.05) is 6.07 Å². The van der Waals surface area contributed by atoms with Gasteiger partial charge in [0.1, 0.15) is 11.5 Å². The summed E-state index contributed by atoms with van der Waals surface area (Å²) in [6.07, 6.45) is -3.68. The van der Waals surface area contributed by atoms with Gasteiger partial charge in [0.2, 0.25) is 0 Å². The van der Waals surface area contributed by atoms with Gasteiger partial charge in [0.25, 0.3) is 5.78 Å². The topological polar surface area (TPSA) is 35.5 Å². The molecule has 118 valence electrons. The van der Waals surface area contributed by atoms with Gasteiger partial charge in [0.05, 0.1) is 23.8 Å². The second kappa shape index (κ2) is 7.54. The lowest BCUT2D eigenvalue weighted by molar-refractivity contribution is -0.0886. The molecule has 0 radical (unpaired) electrons. The predicted molar refractivity (Wildman–Crippen MR) is 73.4 cm³/mol. The van der Waals surface area contributed by atoms with Crippen molar-refractivity contribution in [2.45, 2.75) is 32.9 Å². The smallest absolute Gasteiger partial charge is 0.455 e. The standard InChI is InChI=1S/C14H16ClF3O3/c1-3-5-20-11-8-12(21-6-4-2)10(15)7-9(11)13(19)14(16,17)18/h7-8H,3-6H2,1-2H3. The van der Waals surface area contributed by atoms with Crippen molar-refractivity contribution in [3.8, 4) is 11.5 Å². The minimum atomic E-state index is -4.99. The van der Waals surface area contributed by atoms with E-state index in [1.165, 1.54) is 6.07 Å². The fraction of sp³-hybridized carbons (Fsp3) is 0.500. The molecule has 3 nitrogen and oxygen atoms in total. The number of Topliss-reactive ketones (excluding diaryl/α,β-unsaturated/α-hetero) is 1. The molecule has 0 fully saturated rings. The first kappa shape index (κ1) is 17.6. The molecule has 1 aromatic rings. The third-order valence-corrected chi connectivity index (χ3v) is 2.75. The van der Waals surface area contributed by atoms with Crippen LogP contribution in [0, 0.1) is 0 Å². The molecule has 0 saturated carbocycles. The van der Waals surface area contributed by atoms with E-state index in [-0.39, 0.29) is 23.1 Å². The Kier molecular flexibility index (Phi) is 6.33. The summed E-state index contributed by atoms with van der Waals surface area (Å²) >= 11 is 5.87. The number of halogens is 4. The Bertz CT molecular complexity index is 501. The van der Waals surface area contributed by atoms with Gasteiger partial charge in [-0.3, -0.25) is 4.79 Å². The highest BCUT2D eigenvalue weighted by atomic mass is 35.5. The molecule has 0 saturated heterocycles. The lowest BCUT2D eigenvalue weighted by Gasteiger charge is -2.15. The number of ether oxygens (including phenoxy) is 2. The van der Waals surface area contributed by atoms with Gasteiger partial charge < -0.3 is 9.47 Å². The molecule has 1 aromatic carbocycles. The van der Waals surface area contributed by atoms with Crippen LogP contribution in [0.1, 0.15) is 37.0 Å². The third kappa shape index (κ3) is 4.81. The van der Waals surface area contributed by atoms with E-state index in [1.807, 2.05) is 6.92 Å². The van der Waals surface area contributed by atoms with E-state index in [4.69, 9.17) is 21.1 Å². The molecule has 0 spiro atoms. The number of carbonyl (C=O) groups is 1. The van der Waals surface area contributed by atoms with Crippen LogP contribution in [0.25, 0.3) is 0 Å². The molecular weight excluding hydrogens is 309 g/mol. The first-order valence-electron chi connectivity index (χ1n) is 6.51. The molecule has 0 N–H and O–H groups in total. The molecule has 0 atom stereocenters. The highest BCUT2D eigenvalue weighted by molar-refractivity contribution is 6.32. The molecule has 0 aliphatic carbocycles. The highest BCUT2D eigenvalue weighted by Gasteiger charge is 2.41. The number of hydrogen-bond donors (Lipinski definition) is 0. The van der Waals surface area contributed by atoms with Crippen LogP contribution in [0.3, 0.4) is 0 Å². The minimum absolute atomic E-state index is 0.0556. The van der Waals surface area contributed by atoms with Crippen LogP contribution in [0.2, 0.25) is 5.02 Å². The molecule has 21 heavy (non-hydrogen) atoms. The lowest BCUT2D eigenvalue weighted by atomic mass is 10.1. The zero-order chi connectivity index (χ0) is 16.0. The van der Waals surface area contributed by atoms with Crippen molar-refractivity contribution in [2.75, 3.05) is 13.2 Å². The van der Waals surface area contributed by atoms with Gasteiger partial charge in [-0.1, -0.05) is 25.4 Å². The largest absolute Gasteiger partial charge is 0.493 e. The van der Waals surface area contributed by atoms with Crippen molar-refractivity contribution >= 4 is 17.4 Å². The van der Waals surface area contributed by atoms with Crippen LogP contribution in [0.4, 0.5) is 13.2 Å². The van der Waals surface area contributed by atoms with Gasteiger partial charge in [0.15, 0.2) is 0 Å². The molecular formula is C14H16ClF3O3. The second-order valence-electron chi connectivity index (χ2n) is 4.30. The van der Waals surface area contributed by atoms with Crippen LogP contribution in [-0.4, -0.2) is 25.2 Å². The molecule has 0 aromatic heterocycles. The van der Waals surface area contributed by atoms with Gasteiger partial charge in [-0.15, -0.1) is 0 Å². The Morgan fingerprint density at radius 2 is 1.62 bits per heavy atom. The molecule has 0 aliphatic heterocycles. The number of alkyl halides is 3. The van der Waals surface area contributed by atoms with E-state index < -0.39 is 17.5 Å². The summed E-state index contributed by atoms with van der Waals surface area (Å²) in [6.45, 7) is 4.23. The van der Waals surface area contributed by atoms with Crippen molar-refractivity contribution in [2.24, 2.45) is 0 Å². The fourth-order valence-corrected chi connectivity index (χ4v) is 1.74. The molecule has 1 rings (SSSR count). The average molecular weight is 325 g/mol. The van der Waals surface area contributed by atoms with Gasteiger partial charge in [-0.2, -0.15) is 13.2 Å². The highest BCUT2D eigenvalue weighted by Crippen LogP contribution is 2.36. The van der Waals surface area contributed by atoms with Crippen molar-refractivity contribution < 1.29 is 27.4 Å². The quantitative estimate of drug-likeness (QED) is 0.684. The number of ketones is 1. The van der Waals surface area contributed by atoms with E-state index in [1.54, 1.807) is 6.92 Å². The van der Waals surface area contributed by atoms with E-state index in [0.29, 0.717) is 19.4 Å². The number of rotatable bonds is 7. The Morgan fingerprint density at radius 1 is 1.10 bits per heavy atom. The summed E-state index contributed by atoms with van der Waals surface area (Å²) in [4.78, 5) is 11.4. The molecule has 0 aliphatic rings. The van der Waals surface area contributed by atoms with E-state index in [2.05, 4.69) is 0 Å². The normalized spacial score (nSPS) is 11.3. The van der Waals surface area contributed by atoms with Crippen LogP contribution in [0.15, 0.2) is 12.1 Å². The first-order valence-corrected chi connectivity index (χ1v) is 6.89. The van der Waals surface area contributed by atoms with E-state index >= 15 is 0 Å². The van der Waals surface area contributed by atoms with Gasteiger partial charge in [-0.05, 0) is 18.9 Å². The first-order chi connectivity index (χ1) is 9.81. The maximum atomic E-state index is 12.6. The number of hydrogen-bond acceptors (Lipinski definition) is 3. The summed E-state index contributed by atoms with van der Waals surface area (Å²) in [5, 5.41) is -0.0556. The van der Waals surface area contributed by atoms with Crippen molar-refractivity contribution in [1.29, 1.82) is 0 Å². The summed E-state index contributed by atoms with van der Waals surface area (Å²) < 4.78 is 48.3. The van der Waals surface area contributed by atoms with Crippen molar-refractivity contribution in [1.82, 2.24) is 0 Å². The summed E-state index contributed by atoms with van der Waals surface area (Å²) in [5.41, 5.74) is -0.607. The zero-order valence-corrected chi connectivity index (χ0v) is 12.5. The number of benzene rings is 1. The van der Waals surface area contributed by atoms with Crippen LogP contribution in [0.5, 0.6) is 11.5 Å². The lowest BCUT2D eigenvalue weighted by Crippen LogP contribution is -2.23. The van der Waals surface area contributed by atoms with Crippen LogP contribution in [-0.2, 0) is 0 Å². The molecule has 0 bridgehead atoms. The second-order valence-corrected chi connectivity index (χ2v) is 4.71. The van der Waals surface area contributed by atoms with Crippen molar-refractivity contribution in [3.63, 3.8) is 0 Å². The number of carbonyl (C=O) groups excluding carboxylic acids is 1. The Morgan fingerprint density at radius 3 is 2.10 bits per heavy atom. The van der Waals surface area contributed by atoms with Crippen LogP contribution >= 0.6 is 11.6 Å². The predicted octanol–water partition coefficient (Wildman–Crippen LogP) is 4.66. The maximum absolute atomic E-state index is 12.6. The minimum Gasteiger partial charge on any atom is -0.493 e. The van der Waals surface area contributed by atoms with Crippen LogP contribution < -0.4 is 9.47 Å². The molecule has 0 amide bonds. The fourth-order valence-electron chi connectivity index (χ4n) is 1.52. The third-order valence-electron chi connectivity index (χ3n) is 2.46. The van der Waals surface area contributed by atoms with Gasteiger partial charge in [-0.25, -0.2) is 0 Å². The van der Waals surface area contributed by atoms with Crippen molar-refractivity contribution in [3.05, 3.63) is 22.7 Å². The Balaban J connectivity index is 3.21. The monoisotopic (exact) mass is 324 g/mol. The SMILES string of the molecule is CCCOc1cc(OCCC)c(C(=O)C(F)(F)F)cc1Cl. The molecule has 7 heteroatoms. The summed E-state index contributed by atoms with van der Waals surface area (Å²) in [7, 11) is 0. The summed E-state index contributed by atoms with van der Waals surface area (Å²) in [5.74, 6) is -1.96. The molecule has 0 heterocycles. The van der Waals surface area contributed by atoms with E-state index in [9.17, 15) is 18.0 Å². The Hall–Kier alpha value is -1.43. The zero-order valence-electron chi connectivity index (χ0n) is 11.7. The average Bonchev–Trinajstić information content (AvgIpc) is 2.42. The summed E-state index contributed by atoms with van der Waals surface area (Å²) in [6, 6.07) is 2.17. The Labute approximate surface area is 126 Å². The van der Waals surface area contributed by atoms with Gasteiger partial charge >= 0.3 is 6.18 Å².